The van der Waals surface area contributed by atoms with Gasteiger partial charge in [-0.25, -0.2) is 4.98 Å². The molecule has 0 aliphatic rings. The van der Waals surface area contributed by atoms with E-state index in [-0.39, 0.29) is 18.4 Å². The van der Waals surface area contributed by atoms with Gasteiger partial charge in [0.15, 0.2) is 5.13 Å². The highest BCUT2D eigenvalue weighted by atomic mass is 32.1. The minimum atomic E-state index is -0.437. The molecule has 2 amide bonds. The van der Waals surface area contributed by atoms with Crippen LogP contribution in [0.4, 0.5) is 5.13 Å². The number of hydrogen-bond donors (Lipinski definition) is 2. The normalized spacial score (nSPS) is 12.3. The molecule has 2 rings (SSSR count). The van der Waals surface area contributed by atoms with Crippen LogP contribution in [0.2, 0.25) is 0 Å². The largest absolute Gasteiger partial charge is 0.369 e. The summed E-state index contributed by atoms with van der Waals surface area (Å²) in [5.74, 6) is -0.155. The topological polar surface area (TPSA) is 90.0 Å². The molecule has 0 aliphatic heterocycles. The van der Waals surface area contributed by atoms with Gasteiger partial charge in [0.25, 0.3) is 0 Å². The van der Waals surface area contributed by atoms with Crippen LogP contribution in [0.1, 0.15) is 32.0 Å². The first-order chi connectivity index (χ1) is 10.5. The van der Waals surface area contributed by atoms with E-state index < -0.39 is 5.91 Å². The molecule has 0 saturated heterocycles. The van der Waals surface area contributed by atoms with E-state index in [1.54, 1.807) is 5.38 Å². The fourth-order valence-electron chi connectivity index (χ4n) is 2.18. The number of carbonyl (C=O) groups excluding carboxylic acids is 2. The molecule has 0 radical (unpaired) electrons. The van der Waals surface area contributed by atoms with Crippen molar-refractivity contribution in [1.29, 1.82) is 0 Å². The molecule has 3 N–H and O–H groups in total. The van der Waals surface area contributed by atoms with Crippen molar-refractivity contribution in [3.05, 3.63) is 35.6 Å². The molecular formula is C15H20N4O2S. The van der Waals surface area contributed by atoms with Crippen molar-refractivity contribution in [1.82, 2.24) is 9.55 Å². The van der Waals surface area contributed by atoms with E-state index in [0.29, 0.717) is 16.7 Å². The molecule has 0 spiro atoms. The van der Waals surface area contributed by atoms with Gasteiger partial charge in [-0.05, 0) is 24.5 Å². The van der Waals surface area contributed by atoms with Gasteiger partial charge in [-0.15, -0.1) is 11.3 Å². The third-order valence-electron chi connectivity index (χ3n) is 3.12. The number of primary amides is 1. The fraction of sp³-hybridized carbons (Fsp3) is 0.400. The number of nitrogens with two attached hydrogens (primary N) is 1. The average molecular weight is 320 g/mol. The summed E-state index contributed by atoms with van der Waals surface area (Å²) < 4.78 is 1.90. The minimum Gasteiger partial charge on any atom is -0.369 e. The lowest BCUT2D eigenvalue weighted by atomic mass is 10.0. The number of amides is 2. The van der Waals surface area contributed by atoms with Crippen LogP contribution in [0.25, 0.3) is 0 Å². The highest BCUT2D eigenvalue weighted by Crippen LogP contribution is 2.22. The maximum Gasteiger partial charge on any atom is 0.249 e. The standard InChI is InChI=1S/C15H20N4O2S/c1-10(2)7-12(19-5-3-4-6-19)14(21)18-15-17-11(9-22-15)8-13(16)20/h3-6,9-10,12H,7-8H2,1-2H3,(H2,16,20)(H,17,18,21)/t12-/m1/s1. The first-order valence-electron chi connectivity index (χ1n) is 7.11. The lowest BCUT2D eigenvalue weighted by Gasteiger charge is -2.19. The number of nitrogens with one attached hydrogen (secondary N) is 1. The van der Waals surface area contributed by atoms with Crippen molar-refractivity contribution < 1.29 is 9.59 Å². The molecule has 0 unspecified atom stereocenters. The maximum absolute atomic E-state index is 12.5. The van der Waals surface area contributed by atoms with E-state index >= 15 is 0 Å². The molecule has 118 valence electrons. The summed E-state index contributed by atoms with van der Waals surface area (Å²) in [5.41, 5.74) is 5.72. The van der Waals surface area contributed by atoms with Crippen LogP contribution in [0.5, 0.6) is 0 Å². The van der Waals surface area contributed by atoms with Crippen LogP contribution < -0.4 is 11.1 Å². The number of rotatable bonds is 7. The van der Waals surface area contributed by atoms with Crippen LogP contribution in [-0.2, 0) is 16.0 Å². The maximum atomic E-state index is 12.5. The summed E-state index contributed by atoms with van der Waals surface area (Å²) in [6.07, 6.45) is 4.58. The summed E-state index contributed by atoms with van der Waals surface area (Å²) >= 11 is 1.29. The Kier molecular flexibility index (Phi) is 5.32. The molecule has 2 aromatic rings. The third-order valence-corrected chi connectivity index (χ3v) is 3.93. The molecule has 0 fully saturated rings. The Bertz CT molecular complexity index is 634. The number of aromatic nitrogens is 2. The Balaban J connectivity index is 2.07. The van der Waals surface area contributed by atoms with Gasteiger partial charge in [-0.3, -0.25) is 9.59 Å². The predicted octanol–water partition coefficient (Wildman–Crippen LogP) is 2.20. The Morgan fingerprint density at radius 1 is 1.36 bits per heavy atom. The lowest BCUT2D eigenvalue weighted by molar-refractivity contribution is -0.119. The van der Waals surface area contributed by atoms with Crippen LogP contribution in [0.15, 0.2) is 29.9 Å². The van der Waals surface area contributed by atoms with Gasteiger partial charge in [0.05, 0.1) is 12.1 Å². The monoisotopic (exact) mass is 320 g/mol. The first kappa shape index (κ1) is 16.2. The highest BCUT2D eigenvalue weighted by Gasteiger charge is 2.22. The van der Waals surface area contributed by atoms with E-state index in [2.05, 4.69) is 24.1 Å². The molecule has 7 heteroatoms. The van der Waals surface area contributed by atoms with E-state index in [1.807, 2.05) is 29.1 Å². The fourth-order valence-corrected chi connectivity index (χ4v) is 2.89. The number of carbonyl (C=O) groups is 2. The Labute approximate surface area is 133 Å². The van der Waals surface area contributed by atoms with Crippen molar-refractivity contribution in [2.24, 2.45) is 11.7 Å². The summed E-state index contributed by atoms with van der Waals surface area (Å²) in [5, 5.41) is 5.04. The second-order valence-corrected chi connectivity index (χ2v) is 6.41. The highest BCUT2D eigenvalue weighted by molar-refractivity contribution is 7.13. The number of anilines is 1. The molecule has 1 atom stereocenters. The van der Waals surface area contributed by atoms with Crippen LogP contribution in [-0.4, -0.2) is 21.4 Å². The summed E-state index contributed by atoms with van der Waals surface area (Å²) in [4.78, 5) is 27.6. The molecule has 0 bridgehead atoms. The summed E-state index contributed by atoms with van der Waals surface area (Å²) in [6.45, 7) is 4.16. The zero-order valence-corrected chi connectivity index (χ0v) is 13.5. The smallest absolute Gasteiger partial charge is 0.249 e. The van der Waals surface area contributed by atoms with E-state index in [1.165, 1.54) is 11.3 Å². The lowest BCUT2D eigenvalue weighted by Crippen LogP contribution is -2.26. The second-order valence-electron chi connectivity index (χ2n) is 5.55. The van der Waals surface area contributed by atoms with Crippen LogP contribution in [0, 0.1) is 5.92 Å². The summed E-state index contributed by atoms with van der Waals surface area (Å²) in [7, 11) is 0. The van der Waals surface area contributed by atoms with Crippen LogP contribution >= 0.6 is 11.3 Å². The molecule has 2 heterocycles. The molecule has 6 nitrogen and oxygen atoms in total. The van der Waals surface area contributed by atoms with Crippen LogP contribution in [0.3, 0.4) is 0 Å². The van der Waals surface area contributed by atoms with Crippen molar-refractivity contribution in [3.8, 4) is 0 Å². The minimum absolute atomic E-state index is 0.0827. The molecule has 22 heavy (non-hydrogen) atoms. The quantitative estimate of drug-likeness (QED) is 0.819. The SMILES string of the molecule is CC(C)C[C@H](C(=O)Nc1nc(CC(N)=O)cs1)n1cccc1. The summed E-state index contributed by atoms with van der Waals surface area (Å²) in [6, 6.07) is 3.52. The van der Waals surface area contributed by atoms with E-state index in [4.69, 9.17) is 5.73 Å². The Morgan fingerprint density at radius 3 is 2.64 bits per heavy atom. The van der Waals surface area contributed by atoms with E-state index in [9.17, 15) is 9.59 Å². The van der Waals surface area contributed by atoms with Gasteiger partial charge < -0.3 is 15.6 Å². The van der Waals surface area contributed by atoms with Crippen molar-refractivity contribution in [3.63, 3.8) is 0 Å². The third kappa shape index (κ3) is 4.42. The van der Waals surface area contributed by atoms with Gasteiger partial charge in [-0.1, -0.05) is 13.8 Å². The van der Waals surface area contributed by atoms with Gasteiger partial charge in [-0.2, -0.15) is 0 Å². The van der Waals surface area contributed by atoms with E-state index in [0.717, 1.165) is 6.42 Å². The van der Waals surface area contributed by atoms with Crippen molar-refractivity contribution in [2.45, 2.75) is 32.7 Å². The molecule has 0 saturated carbocycles. The van der Waals surface area contributed by atoms with Gasteiger partial charge in [0.2, 0.25) is 11.8 Å². The number of hydrogen-bond acceptors (Lipinski definition) is 4. The zero-order valence-electron chi connectivity index (χ0n) is 12.7. The van der Waals surface area contributed by atoms with Gasteiger partial charge >= 0.3 is 0 Å². The number of thiazole rings is 1. The second kappa shape index (κ2) is 7.22. The Hall–Kier alpha value is -2.15. The zero-order chi connectivity index (χ0) is 16.1. The predicted molar refractivity (Wildman–Crippen MR) is 86.6 cm³/mol. The molecular weight excluding hydrogens is 300 g/mol. The number of nitrogens with zero attached hydrogens (tertiary/aromatic N) is 2. The molecule has 2 aromatic heterocycles. The van der Waals surface area contributed by atoms with Gasteiger partial charge in [0, 0.05) is 17.8 Å². The van der Waals surface area contributed by atoms with Crippen molar-refractivity contribution in [2.75, 3.05) is 5.32 Å². The average Bonchev–Trinajstić information content (AvgIpc) is 3.06. The molecule has 0 aliphatic carbocycles. The van der Waals surface area contributed by atoms with Crippen molar-refractivity contribution >= 4 is 28.3 Å². The molecule has 0 aromatic carbocycles. The van der Waals surface area contributed by atoms with Gasteiger partial charge in [0.1, 0.15) is 6.04 Å². The first-order valence-corrected chi connectivity index (χ1v) is 7.99. The Morgan fingerprint density at radius 2 is 2.05 bits per heavy atom.